The molecule has 0 aliphatic carbocycles. The van der Waals surface area contributed by atoms with E-state index in [1.165, 1.54) is 6.26 Å². The molecule has 1 N–H and O–H groups in total. The number of amides is 1. The molecule has 0 radical (unpaired) electrons. The van der Waals surface area contributed by atoms with Crippen LogP contribution in [0.2, 0.25) is 0 Å². The van der Waals surface area contributed by atoms with Gasteiger partial charge >= 0.3 is 0 Å². The normalized spacial score (nSPS) is 18.2. The second-order valence-corrected chi connectivity index (χ2v) is 12.9. The molecule has 202 valence electrons. The Bertz CT molecular complexity index is 1370. The minimum atomic E-state index is -3.29. The Labute approximate surface area is 237 Å². The molecule has 8 nitrogen and oxygen atoms in total. The van der Waals surface area contributed by atoms with Crippen LogP contribution in [-0.2, 0) is 20.3 Å². The van der Waals surface area contributed by atoms with Gasteiger partial charge in [0.15, 0.2) is 9.84 Å². The van der Waals surface area contributed by atoms with E-state index in [1.54, 1.807) is 24.4 Å². The molecule has 1 saturated heterocycles. The first-order valence-corrected chi connectivity index (χ1v) is 15.5. The van der Waals surface area contributed by atoms with Crippen LogP contribution in [0.1, 0.15) is 29.8 Å². The number of aromatic nitrogens is 1. The topological polar surface area (TPSA) is 97.8 Å². The number of carbonyl (C=O) groups excluding carboxylic acids is 1. The fourth-order valence-corrected chi connectivity index (χ4v) is 5.92. The predicted octanol–water partition coefficient (Wildman–Crippen LogP) is 4.64. The van der Waals surface area contributed by atoms with Crippen LogP contribution in [-0.4, -0.2) is 68.9 Å². The maximum absolute atomic E-state index is 13.2. The van der Waals surface area contributed by atoms with Gasteiger partial charge in [0.05, 0.1) is 23.7 Å². The molecule has 38 heavy (non-hydrogen) atoms. The van der Waals surface area contributed by atoms with Crippen LogP contribution in [0.4, 0.5) is 5.69 Å². The summed E-state index contributed by atoms with van der Waals surface area (Å²) >= 11 is 2.25. The van der Waals surface area contributed by atoms with Crippen molar-refractivity contribution in [1.82, 2.24) is 9.88 Å². The lowest BCUT2D eigenvalue weighted by Crippen LogP contribution is -2.46. The molecule has 0 saturated carbocycles. The lowest BCUT2D eigenvalue weighted by molar-refractivity contribution is -0.0699. The maximum atomic E-state index is 13.2. The molecule has 1 amide bonds. The van der Waals surface area contributed by atoms with Gasteiger partial charge in [-0.25, -0.2) is 8.42 Å². The smallest absolute Gasteiger partial charge is 0.255 e. The summed E-state index contributed by atoms with van der Waals surface area (Å²) in [5.41, 5.74) is 3.28. The standard InChI is InChI=1S/C28H32IN3O5S/c1-19-16-32(17-20(2)37-19)12-13-36-27-14-21(7-8-22(27)18-38(3,34)35)28(33)31-23-9-10-25(29)24(15-23)26-6-4-5-11-30-26/h4-11,14-15,19-20H,12-13,16-18H2,1-3H3,(H,31,33). The summed E-state index contributed by atoms with van der Waals surface area (Å²) in [5, 5.41) is 2.94. The molecule has 0 spiro atoms. The van der Waals surface area contributed by atoms with E-state index in [0.29, 0.717) is 35.7 Å². The lowest BCUT2D eigenvalue weighted by atomic mass is 10.1. The first kappa shape index (κ1) is 28.5. The summed E-state index contributed by atoms with van der Waals surface area (Å²) in [6.45, 7) is 6.74. The molecule has 4 rings (SSSR count). The van der Waals surface area contributed by atoms with Crippen molar-refractivity contribution in [2.45, 2.75) is 31.8 Å². The number of benzene rings is 2. The second kappa shape index (κ2) is 12.5. The van der Waals surface area contributed by atoms with Crippen LogP contribution in [0.25, 0.3) is 11.3 Å². The van der Waals surface area contributed by atoms with Crippen molar-refractivity contribution in [3.63, 3.8) is 0 Å². The first-order chi connectivity index (χ1) is 18.1. The molecule has 1 fully saturated rings. The van der Waals surface area contributed by atoms with Gasteiger partial charge in [0.25, 0.3) is 5.91 Å². The Morgan fingerprint density at radius 3 is 2.58 bits per heavy atom. The molecule has 0 bridgehead atoms. The minimum absolute atomic E-state index is 0.144. The van der Waals surface area contributed by atoms with Gasteiger partial charge < -0.3 is 14.8 Å². The van der Waals surface area contributed by atoms with Crippen molar-refractivity contribution in [1.29, 1.82) is 0 Å². The van der Waals surface area contributed by atoms with Crippen LogP contribution < -0.4 is 10.1 Å². The third-order valence-corrected chi connectivity index (χ3v) is 7.85. The van der Waals surface area contributed by atoms with E-state index in [0.717, 1.165) is 27.9 Å². The third kappa shape index (κ3) is 7.98. The molecular formula is C28H32IN3O5S. The molecule has 10 heteroatoms. The zero-order chi connectivity index (χ0) is 27.3. The lowest BCUT2D eigenvalue weighted by Gasteiger charge is -2.35. The van der Waals surface area contributed by atoms with Crippen molar-refractivity contribution in [3.05, 3.63) is 75.5 Å². The SMILES string of the molecule is CC1CN(CCOc2cc(C(=O)Nc3ccc(I)c(-c4ccccn4)c3)ccc2CS(C)(=O)=O)CC(C)O1. The number of ether oxygens (including phenoxy) is 2. The molecule has 1 aromatic heterocycles. The van der Waals surface area contributed by atoms with Crippen LogP contribution >= 0.6 is 22.6 Å². The highest BCUT2D eigenvalue weighted by molar-refractivity contribution is 14.1. The van der Waals surface area contributed by atoms with E-state index in [1.807, 2.05) is 50.2 Å². The average Bonchev–Trinajstić information content (AvgIpc) is 2.85. The summed E-state index contributed by atoms with van der Waals surface area (Å²) in [7, 11) is -3.29. The van der Waals surface area contributed by atoms with Gasteiger partial charge in [0.2, 0.25) is 0 Å². The fraction of sp³-hybridized carbons (Fsp3) is 0.357. The van der Waals surface area contributed by atoms with Crippen LogP contribution in [0, 0.1) is 3.57 Å². The molecule has 2 unspecified atom stereocenters. The zero-order valence-electron chi connectivity index (χ0n) is 21.7. The van der Waals surface area contributed by atoms with E-state index in [4.69, 9.17) is 9.47 Å². The number of anilines is 1. The summed E-state index contributed by atoms with van der Waals surface area (Å²) in [4.78, 5) is 19.8. The Morgan fingerprint density at radius 2 is 1.89 bits per heavy atom. The molecule has 3 aromatic rings. The van der Waals surface area contributed by atoms with Gasteiger partial charge in [-0.3, -0.25) is 14.7 Å². The van der Waals surface area contributed by atoms with Crippen molar-refractivity contribution in [2.24, 2.45) is 0 Å². The molecule has 1 aliphatic heterocycles. The van der Waals surface area contributed by atoms with Gasteiger partial charge in [-0.15, -0.1) is 0 Å². The van der Waals surface area contributed by atoms with Crippen molar-refractivity contribution < 1.29 is 22.7 Å². The second-order valence-electron chi connectivity index (χ2n) is 9.62. The number of halogens is 1. The average molecular weight is 650 g/mol. The van der Waals surface area contributed by atoms with Crippen LogP contribution in [0.15, 0.2) is 60.8 Å². The molecule has 2 atom stereocenters. The van der Waals surface area contributed by atoms with Crippen molar-refractivity contribution >= 4 is 44.0 Å². The molecular weight excluding hydrogens is 617 g/mol. The fourth-order valence-electron chi connectivity index (χ4n) is 4.51. The highest BCUT2D eigenvalue weighted by Crippen LogP contribution is 2.28. The summed E-state index contributed by atoms with van der Waals surface area (Å²) in [6.07, 6.45) is 3.21. The quantitative estimate of drug-likeness (QED) is 0.338. The van der Waals surface area contributed by atoms with E-state index in [2.05, 4.69) is 37.8 Å². The molecule has 2 aromatic carbocycles. The third-order valence-electron chi connectivity index (χ3n) is 6.07. The number of morpholine rings is 1. The summed E-state index contributed by atoms with van der Waals surface area (Å²) < 4.78 is 36.9. The van der Waals surface area contributed by atoms with E-state index in [-0.39, 0.29) is 23.9 Å². The van der Waals surface area contributed by atoms with Gasteiger partial charge in [0, 0.05) is 58.0 Å². The number of nitrogens with one attached hydrogen (secondary N) is 1. The van der Waals surface area contributed by atoms with Gasteiger partial charge in [-0.1, -0.05) is 12.1 Å². The number of nitrogens with zero attached hydrogens (tertiary/aromatic N) is 2. The predicted molar refractivity (Wildman–Crippen MR) is 157 cm³/mol. The number of rotatable bonds is 9. The Kier molecular flexibility index (Phi) is 9.40. The van der Waals surface area contributed by atoms with Crippen LogP contribution in [0.5, 0.6) is 5.75 Å². The summed E-state index contributed by atoms with van der Waals surface area (Å²) in [5.74, 6) is -0.0839. The van der Waals surface area contributed by atoms with E-state index >= 15 is 0 Å². The maximum Gasteiger partial charge on any atom is 0.255 e. The number of carbonyl (C=O) groups is 1. The molecule has 1 aliphatic rings. The highest BCUT2D eigenvalue weighted by Gasteiger charge is 2.22. The molecule has 2 heterocycles. The first-order valence-electron chi connectivity index (χ1n) is 12.4. The van der Waals surface area contributed by atoms with Gasteiger partial charge in [-0.2, -0.15) is 0 Å². The van der Waals surface area contributed by atoms with E-state index in [9.17, 15) is 13.2 Å². The summed E-state index contributed by atoms with van der Waals surface area (Å²) in [6, 6.07) is 16.3. The number of hydrogen-bond donors (Lipinski definition) is 1. The Balaban J connectivity index is 1.50. The van der Waals surface area contributed by atoms with Crippen molar-refractivity contribution in [3.8, 4) is 17.0 Å². The Morgan fingerprint density at radius 1 is 1.13 bits per heavy atom. The zero-order valence-corrected chi connectivity index (χ0v) is 24.7. The van der Waals surface area contributed by atoms with Crippen LogP contribution in [0.3, 0.4) is 0 Å². The van der Waals surface area contributed by atoms with Gasteiger partial charge in [-0.05, 0) is 78.9 Å². The highest BCUT2D eigenvalue weighted by atomic mass is 127. The van der Waals surface area contributed by atoms with Gasteiger partial charge in [0.1, 0.15) is 12.4 Å². The van der Waals surface area contributed by atoms with E-state index < -0.39 is 9.84 Å². The minimum Gasteiger partial charge on any atom is -0.492 e. The number of pyridine rings is 1. The van der Waals surface area contributed by atoms with Crippen molar-refractivity contribution in [2.75, 3.05) is 37.8 Å². The monoisotopic (exact) mass is 649 g/mol. The Hall–Kier alpha value is -2.54. The number of sulfone groups is 1. The largest absolute Gasteiger partial charge is 0.492 e. The number of hydrogen-bond acceptors (Lipinski definition) is 7.